The molecule has 0 unspecified atom stereocenters. The van der Waals surface area contributed by atoms with E-state index in [0.717, 1.165) is 5.56 Å². The van der Waals surface area contributed by atoms with Crippen molar-refractivity contribution in [2.75, 3.05) is 4.72 Å². The SMILES string of the molecule is NCc1cccc(S(=O)(=O)Nc2cccc(Cl)c2Br)c1. The van der Waals surface area contributed by atoms with Crippen molar-refractivity contribution in [1.82, 2.24) is 0 Å². The third-order valence-corrected chi connectivity index (χ3v) is 5.40. The average Bonchev–Trinajstić information content (AvgIpc) is 2.44. The third kappa shape index (κ3) is 3.32. The molecule has 0 fully saturated rings. The number of hydrogen-bond acceptors (Lipinski definition) is 3. The van der Waals surface area contributed by atoms with Gasteiger partial charge in [0.1, 0.15) is 0 Å². The van der Waals surface area contributed by atoms with Gasteiger partial charge in [-0.05, 0) is 45.8 Å². The topological polar surface area (TPSA) is 72.2 Å². The molecular formula is C13H12BrClN2O2S. The molecule has 0 spiro atoms. The highest BCUT2D eigenvalue weighted by molar-refractivity contribution is 9.10. The van der Waals surface area contributed by atoms with Gasteiger partial charge >= 0.3 is 0 Å². The standard InChI is InChI=1S/C13H12BrClN2O2S/c14-13-11(15)5-2-6-12(13)17-20(18,19)10-4-1-3-9(7-10)8-16/h1-7,17H,8,16H2. The predicted octanol–water partition coefficient (Wildman–Crippen LogP) is 3.36. The minimum atomic E-state index is -3.68. The van der Waals surface area contributed by atoms with Crippen molar-refractivity contribution < 1.29 is 8.42 Å². The molecule has 0 heterocycles. The first-order valence-corrected chi connectivity index (χ1v) is 8.35. The number of nitrogens with one attached hydrogen (secondary N) is 1. The Kier molecular flexibility index (Phi) is 4.70. The van der Waals surface area contributed by atoms with E-state index in [4.69, 9.17) is 17.3 Å². The summed E-state index contributed by atoms with van der Waals surface area (Å²) in [6.07, 6.45) is 0. The Balaban J connectivity index is 2.38. The molecule has 2 aromatic rings. The number of rotatable bonds is 4. The molecule has 7 heteroatoms. The summed E-state index contributed by atoms with van der Waals surface area (Å²) < 4.78 is 27.6. The van der Waals surface area contributed by atoms with E-state index in [2.05, 4.69) is 20.7 Å². The van der Waals surface area contributed by atoms with Crippen molar-refractivity contribution in [3.05, 3.63) is 57.5 Å². The highest BCUT2D eigenvalue weighted by Gasteiger charge is 2.16. The Labute approximate surface area is 131 Å². The Morgan fingerprint density at radius 1 is 1.20 bits per heavy atom. The molecule has 0 aliphatic carbocycles. The Bertz CT molecular complexity index is 735. The van der Waals surface area contributed by atoms with Crippen molar-refractivity contribution in [1.29, 1.82) is 0 Å². The van der Waals surface area contributed by atoms with E-state index in [0.29, 0.717) is 15.2 Å². The molecule has 0 saturated heterocycles. The second-order valence-electron chi connectivity index (χ2n) is 4.06. The van der Waals surface area contributed by atoms with Gasteiger partial charge in [0.05, 0.1) is 20.1 Å². The van der Waals surface area contributed by atoms with Crippen molar-refractivity contribution in [3.63, 3.8) is 0 Å². The van der Waals surface area contributed by atoms with E-state index >= 15 is 0 Å². The number of nitrogens with two attached hydrogens (primary N) is 1. The fourth-order valence-corrected chi connectivity index (χ4v) is 3.44. The molecule has 0 aliphatic heterocycles. The smallest absolute Gasteiger partial charge is 0.261 e. The summed E-state index contributed by atoms with van der Waals surface area (Å²) in [4.78, 5) is 0.160. The van der Waals surface area contributed by atoms with Gasteiger partial charge in [0.2, 0.25) is 0 Å². The van der Waals surface area contributed by atoms with Gasteiger partial charge in [0.25, 0.3) is 10.0 Å². The van der Waals surface area contributed by atoms with E-state index in [1.165, 1.54) is 6.07 Å². The fourth-order valence-electron chi connectivity index (χ4n) is 1.63. The van der Waals surface area contributed by atoms with Crippen LogP contribution in [0, 0.1) is 0 Å². The molecule has 4 nitrogen and oxygen atoms in total. The highest BCUT2D eigenvalue weighted by Crippen LogP contribution is 2.31. The molecule has 0 saturated carbocycles. The monoisotopic (exact) mass is 374 g/mol. The summed E-state index contributed by atoms with van der Waals surface area (Å²) in [5, 5.41) is 0.431. The molecule has 106 valence electrons. The van der Waals surface area contributed by atoms with Gasteiger partial charge in [-0.15, -0.1) is 0 Å². The lowest BCUT2D eigenvalue weighted by Gasteiger charge is -2.11. The van der Waals surface area contributed by atoms with Gasteiger partial charge < -0.3 is 5.73 Å². The first-order chi connectivity index (χ1) is 9.44. The molecule has 0 amide bonds. The Morgan fingerprint density at radius 3 is 2.60 bits per heavy atom. The lowest BCUT2D eigenvalue weighted by atomic mass is 10.2. The summed E-state index contributed by atoms with van der Waals surface area (Å²) in [6.45, 7) is 0.282. The van der Waals surface area contributed by atoms with Crippen LogP contribution in [0.25, 0.3) is 0 Å². The molecule has 0 bridgehead atoms. The minimum Gasteiger partial charge on any atom is -0.326 e. The maximum Gasteiger partial charge on any atom is 0.261 e. The van der Waals surface area contributed by atoms with Crippen LogP contribution in [0.5, 0.6) is 0 Å². The van der Waals surface area contributed by atoms with Gasteiger partial charge in [-0.25, -0.2) is 8.42 Å². The summed E-state index contributed by atoms with van der Waals surface area (Å²) in [5.74, 6) is 0. The lowest BCUT2D eigenvalue weighted by Crippen LogP contribution is -2.14. The summed E-state index contributed by atoms with van der Waals surface area (Å²) in [7, 11) is -3.68. The van der Waals surface area contributed by atoms with Crippen LogP contribution in [0.1, 0.15) is 5.56 Å². The van der Waals surface area contributed by atoms with Gasteiger partial charge in [-0.1, -0.05) is 29.8 Å². The van der Waals surface area contributed by atoms with Crippen molar-refractivity contribution in [2.45, 2.75) is 11.4 Å². The van der Waals surface area contributed by atoms with E-state index in [1.807, 2.05) is 0 Å². The second-order valence-corrected chi connectivity index (χ2v) is 6.94. The van der Waals surface area contributed by atoms with Gasteiger partial charge in [0.15, 0.2) is 0 Å². The Hall–Kier alpha value is -1.08. The van der Waals surface area contributed by atoms with E-state index < -0.39 is 10.0 Å². The first-order valence-electron chi connectivity index (χ1n) is 5.70. The summed E-state index contributed by atoms with van der Waals surface area (Å²) in [5.41, 5.74) is 6.65. The van der Waals surface area contributed by atoms with Crippen molar-refractivity contribution in [3.8, 4) is 0 Å². The van der Waals surface area contributed by atoms with Crippen LogP contribution in [0.4, 0.5) is 5.69 Å². The third-order valence-electron chi connectivity index (χ3n) is 2.64. The predicted molar refractivity (Wildman–Crippen MR) is 84.3 cm³/mol. The number of halogens is 2. The van der Waals surface area contributed by atoms with Gasteiger partial charge in [-0.2, -0.15) is 0 Å². The zero-order valence-corrected chi connectivity index (χ0v) is 13.5. The second kappa shape index (κ2) is 6.13. The largest absolute Gasteiger partial charge is 0.326 e. The van der Waals surface area contributed by atoms with Crippen molar-refractivity contribution in [2.24, 2.45) is 5.73 Å². The van der Waals surface area contributed by atoms with Crippen LogP contribution in [0.15, 0.2) is 51.8 Å². The molecule has 2 rings (SSSR count). The number of sulfonamides is 1. The molecule has 0 radical (unpaired) electrons. The summed E-state index contributed by atoms with van der Waals surface area (Å²) in [6, 6.07) is 11.4. The molecule has 3 N–H and O–H groups in total. The maximum absolute atomic E-state index is 12.3. The minimum absolute atomic E-state index is 0.160. The van der Waals surface area contributed by atoms with Gasteiger partial charge in [-0.3, -0.25) is 4.72 Å². The quantitative estimate of drug-likeness (QED) is 0.860. The van der Waals surface area contributed by atoms with Crippen molar-refractivity contribution >= 4 is 43.2 Å². The molecule has 0 aliphatic rings. The highest BCUT2D eigenvalue weighted by atomic mass is 79.9. The van der Waals surface area contributed by atoms with Crippen LogP contribution >= 0.6 is 27.5 Å². The lowest BCUT2D eigenvalue weighted by molar-refractivity contribution is 0.601. The van der Waals surface area contributed by atoms with E-state index in [9.17, 15) is 8.42 Å². The van der Waals surface area contributed by atoms with Crippen LogP contribution in [0.2, 0.25) is 5.02 Å². The maximum atomic E-state index is 12.3. The zero-order valence-electron chi connectivity index (χ0n) is 10.3. The number of benzene rings is 2. The summed E-state index contributed by atoms with van der Waals surface area (Å²) >= 11 is 9.19. The molecular weight excluding hydrogens is 364 g/mol. The zero-order chi connectivity index (χ0) is 14.8. The van der Waals surface area contributed by atoms with Crippen LogP contribution < -0.4 is 10.5 Å². The van der Waals surface area contributed by atoms with E-state index in [-0.39, 0.29) is 11.4 Å². The van der Waals surface area contributed by atoms with Crippen LogP contribution in [-0.2, 0) is 16.6 Å². The first kappa shape index (κ1) is 15.3. The van der Waals surface area contributed by atoms with Crippen LogP contribution in [-0.4, -0.2) is 8.42 Å². The molecule has 20 heavy (non-hydrogen) atoms. The Morgan fingerprint density at radius 2 is 1.90 bits per heavy atom. The van der Waals surface area contributed by atoms with Gasteiger partial charge in [0, 0.05) is 6.54 Å². The fraction of sp³-hybridized carbons (Fsp3) is 0.0769. The normalized spacial score (nSPS) is 11.3. The van der Waals surface area contributed by atoms with E-state index in [1.54, 1.807) is 36.4 Å². The number of hydrogen-bond donors (Lipinski definition) is 2. The number of anilines is 1. The molecule has 0 atom stereocenters. The molecule has 0 aromatic heterocycles. The molecule has 2 aromatic carbocycles. The van der Waals surface area contributed by atoms with Crippen LogP contribution in [0.3, 0.4) is 0 Å². The average molecular weight is 376 g/mol.